The summed E-state index contributed by atoms with van der Waals surface area (Å²) in [5, 5.41) is 3.06. The third-order valence-electron chi connectivity index (χ3n) is 3.28. The highest BCUT2D eigenvalue weighted by Gasteiger charge is 2.22. The smallest absolute Gasteiger partial charge is 0.225 e. The molecule has 0 aliphatic rings. The van der Waals surface area contributed by atoms with Gasteiger partial charge in [0, 0.05) is 12.4 Å². The number of nitrogens with zero attached hydrogens (tertiary/aromatic N) is 1. The molecule has 3 nitrogen and oxygen atoms in total. The predicted octanol–water partition coefficient (Wildman–Crippen LogP) is 2.98. The van der Waals surface area contributed by atoms with Crippen molar-refractivity contribution >= 4 is 5.91 Å². The zero-order valence-corrected chi connectivity index (χ0v) is 12.2. The van der Waals surface area contributed by atoms with Gasteiger partial charge in [-0.15, -0.1) is 0 Å². The number of amides is 1. The summed E-state index contributed by atoms with van der Waals surface area (Å²) in [6.45, 7) is 6.00. The third kappa shape index (κ3) is 3.67. The molecule has 1 N–H and O–H groups in total. The highest BCUT2D eigenvalue weighted by atomic mass is 16.1. The molecule has 104 valence electrons. The lowest BCUT2D eigenvalue weighted by Gasteiger charge is -2.26. The minimum atomic E-state index is -0.421. The van der Waals surface area contributed by atoms with E-state index in [9.17, 15) is 4.79 Å². The minimum absolute atomic E-state index is 0.0180. The molecule has 2 rings (SSSR count). The zero-order valence-electron chi connectivity index (χ0n) is 12.2. The normalized spacial score (nSPS) is 11.2. The van der Waals surface area contributed by atoms with Crippen LogP contribution in [0.1, 0.15) is 30.5 Å². The molecular formula is C17H20N2O. The van der Waals surface area contributed by atoms with Gasteiger partial charge in [0.1, 0.15) is 0 Å². The van der Waals surface area contributed by atoms with E-state index in [1.54, 1.807) is 12.4 Å². The number of aromatic nitrogens is 1. The molecule has 1 aromatic heterocycles. The van der Waals surface area contributed by atoms with Gasteiger partial charge in [0.2, 0.25) is 5.91 Å². The van der Waals surface area contributed by atoms with E-state index in [4.69, 9.17) is 0 Å². The van der Waals surface area contributed by atoms with Gasteiger partial charge in [-0.25, -0.2) is 0 Å². The van der Waals surface area contributed by atoms with Crippen LogP contribution in [0.2, 0.25) is 0 Å². The second-order valence-corrected chi connectivity index (χ2v) is 5.58. The molecule has 1 amide bonds. The predicted molar refractivity (Wildman–Crippen MR) is 80.3 cm³/mol. The van der Waals surface area contributed by atoms with Gasteiger partial charge in [0.05, 0.1) is 12.0 Å². The fourth-order valence-electron chi connectivity index (χ4n) is 2.20. The molecule has 0 aliphatic heterocycles. The fourth-order valence-corrected chi connectivity index (χ4v) is 2.20. The molecule has 20 heavy (non-hydrogen) atoms. The van der Waals surface area contributed by atoms with Crippen LogP contribution in [0.25, 0.3) is 0 Å². The molecular weight excluding hydrogens is 248 g/mol. The molecule has 2 aromatic rings. The molecule has 0 fully saturated rings. The summed E-state index contributed by atoms with van der Waals surface area (Å²) < 4.78 is 0. The highest BCUT2D eigenvalue weighted by Crippen LogP contribution is 2.18. The fraction of sp³-hybridized carbons (Fsp3) is 0.294. The minimum Gasteiger partial charge on any atom is -0.347 e. The first-order valence-electron chi connectivity index (χ1n) is 6.74. The van der Waals surface area contributed by atoms with Crippen LogP contribution in [0.15, 0.2) is 48.8 Å². The standard InChI is InChI=1S/C17H20N2O/c1-13-6-4-7-14(10-13)11-16(20)19-17(2,3)15-8-5-9-18-12-15/h4-10,12H,11H2,1-3H3,(H,19,20). The van der Waals surface area contributed by atoms with Crippen molar-refractivity contribution in [3.05, 3.63) is 65.5 Å². The lowest BCUT2D eigenvalue weighted by Crippen LogP contribution is -2.41. The summed E-state index contributed by atoms with van der Waals surface area (Å²) in [5.74, 6) is 0.0180. The van der Waals surface area contributed by atoms with Crippen LogP contribution in [0.5, 0.6) is 0 Å². The molecule has 0 atom stereocenters. The van der Waals surface area contributed by atoms with E-state index in [0.717, 1.165) is 11.1 Å². The number of hydrogen-bond donors (Lipinski definition) is 1. The van der Waals surface area contributed by atoms with Crippen LogP contribution in [0, 0.1) is 6.92 Å². The number of nitrogens with one attached hydrogen (secondary N) is 1. The lowest BCUT2D eigenvalue weighted by molar-refractivity contribution is -0.122. The Morgan fingerprint density at radius 3 is 2.70 bits per heavy atom. The Morgan fingerprint density at radius 1 is 1.25 bits per heavy atom. The summed E-state index contributed by atoms with van der Waals surface area (Å²) in [6.07, 6.45) is 3.91. The van der Waals surface area contributed by atoms with Gasteiger partial charge in [-0.3, -0.25) is 9.78 Å². The number of pyridine rings is 1. The molecule has 0 radical (unpaired) electrons. The Hall–Kier alpha value is -2.16. The van der Waals surface area contributed by atoms with Gasteiger partial charge in [0.15, 0.2) is 0 Å². The highest BCUT2D eigenvalue weighted by molar-refractivity contribution is 5.79. The molecule has 0 aliphatic carbocycles. The van der Waals surface area contributed by atoms with Crippen molar-refractivity contribution in [1.29, 1.82) is 0 Å². The van der Waals surface area contributed by atoms with E-state index in [2.05, 4.69) is 10.3 Å². The Kier molecular flexibility index (Phi) is 4.18. The summed E-state index contributed by atoms with van der Waals surface area (Å²) in [7, 11) is 0. The van der Waals surface area contributed by atoms with Crippen molar-refractivity contribution in [2.75, 3.05) is 0 Å². The van der Waals surface area contributed by atoms with Crippen LogP contribution in [-0.2, 0) is 16.8 Å². The maximum Gasteiger partial charge on any atom is 0.225 e. The van der Waals surface area contributed by atoms with E-state index >= 15 is 0 Å². The van der Waals surface area contributed by atoms with Crippen molar-refractivity contribution in [3.63, 3.8) is 0 Å². The number of rotatable bonds is 4. The third-order valence-corrected chi connectivity index (χ3v) is 3.28. The molecule has 0 unspecified atom stereocenters. The molecule has 0 saturated heterocycles. The molecule has 0 spiro atoms. The van der Waals surface area contributed by atoms with Gasteiger partial charge >= 0.3 is 0 Å². The van der Waals surface area contributed by atoms with Crippen LogP contribution in [0.4, 0.5) is 0 Å². The molecule has 3 heteroatoms. The summed E-state index contributed by atoms with van der Waals surface area (Å²) in [5.41, 5.74) is 2.78. The van der Waals surface area contributed by atoms with Gasteiger partial charge in [-0.1, -0.05) is 35.9 Å². The van der Waals surface area contributed by atoms with Crippen molar-refractivity contribution in [1.82, 2.24) is 10.3 Å². The molecule has 0 saturated carbocycles. The van der Waals surface area contributed by atoms with Crippen molar-refractivity contribution in [3.8, 4) is 0 Å². The first-order valence-corrected chi connectivity index (χ1v) is 6.74. The van der Waals surface area contributed by atoms with Crippen LogP contribution in [-0.4, -0.2) is 10.9 Å². The van der Waals surface area contributed by atoms with E-state index < -0.39 is 5.54 Å². The lowest BCUT2D eigenvalue weighted by atomic mass is 9.95. The second-order valence-electron chi connectivity index (χ2n) is 5.58. The van der Waals surface area contributed by atoms with Crippen LogP contribution >= 0.6 is 0 Å². The summed E-state index contributed by atoms with van der Waals surface area (Å²) in [6, 6.07) is 11.9. The first-order chi connectivity index (χ1) is 9.47. The van der Waals surface area contributed by atoms with Gasteiger partial charge < -0.3 is 5.32 Å². The topological polar surface area (TPSA) is 42.0 Å². The number of hydrogen-bond acceptors (Lipinski definition) is 2. The summed E-state index contributed by atoms with van der Waals surface area (Å²) >= 11 is 0. The second kappa shape index (κ2) is 5.87. The quantitative estimate of drug-likeness (QED) is 0.926. The SMILES string of the molecule is Cc1cccc(CC(=O)NC(C)(C)c2cccnc2)c1. The average Bonchev–Trinajstić information content (AvgIpc) is 2.39. The largest absolute Gasteiger partial charge is 0.347 e. The van der Waals surface area contributed by atoms with Gasteiger partial charge in [-0.2, -0.15) is 0 Å². The van der Waals surface area contributed by atoms with E-state index in [0.29, 0.717) is 6.42 Å². The van der Waals surface area contributed by atoms with Crippen molar-refractivity contribution in [2.45, 2.75) is 32.7 Å². The number of carbonyl (C=O) groups is 1. The van der Waals surface area contributed by atoms with Gasteiger partial charge in [-0.05, 0) is 38.0 Å². The maximum atomic E-state index is 12.2. The zero-order chi connectivity index (χ0) is 14.6. The number of benzene rings is 1. The van der Waals surface area contributed by atoms with Crippen molar-refractivity contribution < 1.29 is 4.79 Å². The molecule has 1 heterocycles. The average molecular weight is 268 g/mol. The van der Waals surface area contributed by atoms with E-state index in [1.165, 1.54) is 5.56 Å². The maximum absolute atomic E-state index is 12.2. The summed E-state index contributed by atoms with van der Waals surface area (Å²) in [4.78, 5) is 16.3. The Bertz CT molecular complexity index is 591. The first kappa shape index (κ1) is 14.3. The molecule has 0 bridgehead atoms. The monoisotopic (exact) mass is 268 g/mol. The number of aryl methyl sites for hydroxylation is 1. The number of carbonyl (C=O) groups excluding carboxylic acids is 1. The van der Waals surface area contributed by atoms with Crippen molar-refractivity contribution in [2.24, 2.45) is 0 Å². The van der Waals surface area contributed by atoms with E-state index in [1.807, 2.05) is 57.2 Å². The Labute approximate surface area is 120 Å². The Balaban J connectivity index is 2.04. The van der Waals surface area contributed by atoms with Crippen LogP contribution < -0.4 is 5.32 Å². The van der Waals surface area contributed by atoms with Crippen LogP contribution in [0.3, 0.4) is 0 Å². The molecule has 1 aromatic carbocycles. The Morgan fingerprint density at radius 2 is 2.05 bits per heavy atom. The van der Waals surface area contributed by atoms with E-state index in [-0.39, 0.29) is 5.91 Å². The van der Waals surface area contributed by atoms with Gasteiger partial charge in [0.25, 0.3) is 0 Å².